The smallest absolute Gasteiger partial charge is 0.320 e. The molecule has 0 radical (unpaired) electrons. The van der Waals surface area contributed by atoms with E-state index < -0.39 is 11.9 Å². The van der Waals surface area contributed by atoms with E-state index >= 15 is 0 Å². The highest BCUT2D eigenvalue weighted by molar-refractivity contribution is 5.85. The molecule has 0 aliphatic carbocycles. The number of carbonyl (C=O) groups is 3. The molecule has 0 bridgehead atoms. The Kier molecular flexibility index (Phi) is 4.15. The van der Waals surface area contributed by atoms with Crippen LogP contribution in [0.5, 0.6) is 0 Å². The molecule has 0 saturated carbocycles. The maximum absolute atomic E-state index is 12.4. The lowest BCUT2D eigenvalue weighted by Crippen LogP contribution is -2.45. The fourth-order valence-corrected chi connectivity index (χ4v) is 2.79. The summed E-state index contributed by atoms with van der Waals surface area (Å²) >= 11 is 0. The van der Waals surface area contributed by atoms with Gasteiger partial charge in [0, 0.05) is 33.2 Å². The van der Waals surface area contributed by atoms with Crippen LogP contribution in [-0.2, 0) is 9.59 Å². The van der Waals surface area contributed by atoms with Crippen molar-refractivity contribution in [3.8, 4) is 0 Å². The molecule has 2 heterocycles. The summed E-state index contributed by atoms with van der Waals surface area (Å²) in [5, 5.41) is 9.10. The first kappa shape index (κ1) is 14.6. The Hall–Kier alpha value is -1.79. The van der Waals surface area contributed by atoms with Gasteiger partial charge in [0.05, 0.1) is 5.92 Å². The largest absolute Gasteiger partial charge is 0.481 e. The third-order valence-electron chi connectivity index (χ3n) is 4.14. The van der Waals surface area contributed by atoms with E-state index in [0.29, 0.717) is 19.6 Å². The number of likely N-dealkylation sites (tertiary alicyclic amines) is 1. The van der Waals surface area contributed by atoms with Crippen molar-refractivity contribution < 1.29 is 19.5 Å². The van der Waals surface area contributed by atoms with E-state index in [0.717, 1.165) is 6.42 Å². The molecule has 7 heteroatoms. The number of hydrogen-bond donors (Lipinski definition) is 1. The maximum Gasteiger partial charge on any atom is 0.320 e. The molecule has 2 rings (SSSR count). The van der Waals surface area contributed by atoms with E-state index in [1.54, 1.807) is 16.8 Å². The van der Waals surface area contributed by atoms with E-state index in [9.17, 15) is 14.4 Å². The fourth-order valence-electron chi connectivity index (χ4n) is 2.79. The number of nitrogens with zero attached hydrogens (tertiary/aromatic N) is 3. The average molecular weight is 283 g/mol. The van der Waals surface area contributed by atoms with Crippen LogP contribution in [0.3, 0.4) is 0 Å². The van der Waals surface area contributed by atoms with Gasteiger partial charge in [0.2, 0.25) is 5.91 Å². The second-order valence-electron chi connectivity index (χ2n) is 5.70. The molecule has 0 aromatic heterocycles. The molecule has 3 amide bonds. The summed E-state index contributed by atoms with van der Waals surface area (Å²) in [6.45, 7) is 3.78. The Balaban J connectivity index is 2.01. The van der Waals surface area contributed by atoms with Gasteiger partial charge in [-0.1, -0.05) is 6.92 Å². The van der Waals surface area contributed by atoms with Crippen molar-refractivity contribution in [2.75, 3.05) is 39.8 Å². The molecule has 2 atom stereocenters. The number of aliphatic carboxylic acids is 1. The molecule has 112 valence electrons. The monoisotopic (exact) mass is 283 g/mol. The van der Waals surface area contributed by atoms with Gasteiger partial charge in [0.25, 0.3) is 0 Å². The van der Waals surface area contributed by atoms with Crippen LogP contribution in [0.4, 0.5) is 4.79 Å². The van der Waals surface area contributed by atoms with Crippen molar-refractivity contribution in [1.82, 2.24) is 14.7 Å². The zero-order valence-corrected chi connectivity index (χ0v) is 11.9. The van der Waals surface area contributed by atoms with E-state index in [1.807, 2.05) is 6.92 Å². The number of carboxylic acid groups (broad SMARTS) is 1. The lowest BCUT2D eigenvalue weighted by atomic mass is 9.99. The van der Waals surface area contributed by atoms with Crippen molar-refractivity contribution in [2.45, 2.75) is 13.3 Å². The van der Waals surface area contributed by atoms with Crippen LogP contribution in [0.15, 0.2) is 0 Å². The predicted octanol–water partition coefficient (Wildman–Crippen LogP) is -0.0770. The van der Waals surface area contributed by atoms with E-state index in [4.69, 9.17) is 5.11 Å². The first-order valence-corrected chi connectivity index (χ1v) is 6.90. The van der Waals surface area contributed by atoms with E-state index in [-0.39, 0.29) is 30.9 Å². The summed E-state index contributed by atoms with van der Waals surface area (Å²) < 4.78 is 0. The summed E-state index contributed by atoms with van der Waals surface area (Å²) in [5.74, 6) is -1.50. The molecule has 0 aromatic rings. The van der Waals surface area contributed by atoms with Crippen LogP contribution >= 0.6 is 0 Å². The van der Waals surface area contributed by atoms with Crippen LogP contribution < -0.4 is 0 Å². The maximum atomic E-state index is 12.4. The summed E-state index contributed by atoms with van der Waals surface area (Å²) in [6, 6.07) is -0.218. The normalized spacial score (nSPS) is 27.7. The van der Waals surface area contributed by atoms with Gasteiger partial charge in [-0.3, -0.25) is 9.59 Å². The zero-order chi connectivity index (χ0) is 14.9. The van der Waals surface area contributed by atoms with Crippen molar-refractivity contribution in [2.24, 2.45) is 11.8 Å². The molecule has 7 nitrogen and oxygen atoms in total. The van der Waals surface area contributed by atoms with Gasteiger partial charge in [-0.25, -0.2) is 4.79 Å². The Bertz CT molecular complexity index is 426. The highest BCUT2D eigenvalue weighted by atomic mass is 16.4. The Morgan fingerprint density at radius 1 is 1.20 bits per heavy atom. The van der Waals surface area contributed by atoms with Crippen LogP contribution in [0.25, 0.3) is 0 Å². The lowest BCUT2D eigenvalue weighted by molar-refractivity contribution is -0.142. The molecule has 0 aromatic carbocycles. The fraction of sp³-hybridized carbons (Fsp3) is 0.769. The minimum atomic E-state index is -0.862. The molecule has 20 heavy (non-hydrogen) atoms. The summed E-state index contributed by atoms with van der Waals surface area (Å²) in [4.78, 5) is 40.0. The molecular formula is C13H21N3O4. The highest BCUT2D eigenvalue weighted by Gasteiger charge is 2.39. The Labute approximate surface area is 118 Å². The number of hydrogen-bond acceptors (Lipinski definition) is 3. The van der Waals surface area contributed by atoms with E-state index in [2.05, 4.69) is 0 Å². The second-order valence-corrected chi connectivity index (χ2v) is 5.70. The van der Waals surface area contributed by atoms with Crippen molar-refractivity contribution in [3.63, 3.8) is 0 Å². The number of urea groups is 1. The molecule has 2 aliphatic rings. The van der Waals surface area contributed by atoms with Gasteiger partial charge in [-0.05, 0) is 12.3 Å². The van der Waals surface area contributed by atoms with Gasteiger partial charge in [-0.15, -0.1) is 0 Å². The minimum Gasteiger partial charge on any atom is -0.481 e. The van der Waals surface area contributed by atoms with Crippen LogP contribution in [0, 0.1) is 11.8 Å². The van der Waals surface area contributed by atoms with Gasteiger partial charge >= 0.3 is 12.0 Å². The number of amides is 3. The summed E-state index contributed by atoms with van der Waals surface area (Å²) in [5.41, 5.74) is 0. The van der Waals surface area contributed by atoms with Gasteiger partial charge in [0.1, 0.15) is 6.54 Å². The molecular weight excluding hydrogens is 262 g/mol. The third kappa shape index (κ3) is 2.86. The number of carboxylic acids is 1. The van der Waals surface area contributed by atoms with Gasteiger partial charge < -0.3 is 19.8 Å². The molecule has 2 fully saturated rings. The standard InChI is InChI=1S/C13H21N3O4/c1-9-6-16(7-10(9)12(18)19)13(20)15-5-3-4-14(2)11(17)8-15/h9-10H,3-8H2,1-2H3,(H,18,19). The van der Waals surface area contributed by atoms with Crippen LogP contribution in [-0.4, -0.2) is 77.5 Å². The summed E-state index contributed by atoms with van der Waals surface area (Å²) in [6.07, 6.45) is 0.750. The Morgan fingerprint density at radius 2 is 1.90 bits per heavy atom. The third-order valence-corrected chi connectivity index (χ3v) is 4.14. The predicted molar refractivity (Wildman–Crippen MR) is 71.1 cm³/mol. The topological polar surface area (TPSA) is 81.2 Å². The minimum absolute atomic E-state index is 0.0539. The average Bonchev–Trinajstić information content (AvgIpc) is 2.70. The van der Waals surface area contributed by atoms with Crippen molar-refractivity contribution in [3.05, 3.63) is 0 Å². The molecule has 0 spiro atoms. The molecule has 2 aliphatic heterocycles. The quantitative estimate of drug-likeness (QED) is 0.730. The van der Waals surface area contributed by atoms with E-state index in [1.165, 1.54) is 4.90 Å². The van der Waals surface area contributed by atoms with Gasteiger partial charge in [-0.2, -0.15) is 0 Å². The number of rotatable bonds is 1. The highest BCUT2D eigenvalue weighted by Crippen LogP contribution is 2.24. The SMILES string of the molecule is CC1CN(C(=O)N2CCCN(C)C(=O)C2)CC1C(=O)O. The first-order valence-electron chi connectivity index (χ1n) is 6.90. The molecule has 2 saturated heterocycles. The lowest BCUT2D eigenvalue weighted by Gasteiger charge is -2.26. The molecule has 2 unspecified atom stereocenters. The summed E-state index contributed by atoms with van der Waals surface area (Å²) in [7, 11) is 1.73. The molecule has 1 N–H and O–H groups in total. The van der Waals surface area contributed by atoms with Gasteiger partial charge in [0.15, 0.2) is 0 Å². The van der Waals surface area contributed by atoms with Crippen molar-refractivity contribution >= 4 is 17.9 Å². The van der Waals surface area contributed by atoms with Crippen LogP contribution in [0.2, 0.25) is 0 Å². The number of likely N-dealkylation sites (N-methyl/N-ethyl adjacent to an activating group) is 1. The van der Waals surface area contributed by atoms with Crippen molar-refractivity contribution in [1.29, 1.82) is 0 Å². The Morgan fingerprint density at radius 3 is 2.50 bits per heavy atom. The zero-order valence-electron chi connectivity index (χ0n) is 11.9. The second kappa shape index (κ2) is 5.68. The van der Waals surface area contributed by atoms with Crippen LogP contribution in [0.1, 0.15) is 13.3 Å². The first-order chi connectivity index (χ1) is 9.40. The number of carbonyl (C=O) groups excluding carboxylic acids is 2.